The zero-order valence-electron chi connectivity index (χ0n) is 9.60. The average Bonchev–Trinajstić information content (AvgIpc) is 2.38. The zero-order chi connectivity index (χ0) is 13.0. The van der Waals surface area contributed by atoms with Crippen LogP contribution in [-0.4, -0.2) is 5.97 Å². The predicted octanol–water partition coefficient (Wildman–Crippen LogP) is 2.76. The van der Waals surface area contributed by atoms with Crippen molar-refractivity contribution in [2.75, 3.05) is 5.73 Å². The third-order valence-electron chi connectivity index (χ3n) is 2.41. The Balaban J connectivity index is 1.98. The quantitative estimate of drug-likeness (QED) is 0.668. The molecule has 0 spiro atoms. The second kappa shape index (κ2) is 5.31. The lowest BCUT2D eigenvalue weighted by Crippen LogP contribution is -2.05. The number of nitrogens with two attached hydrogens (primary N) is 1. The molecule has 0 saturated heterocycles. The third-order valence-corrected chi connectivity index (χ3v) is 2.41. The normalized spacial score (nSPS) is 10.1. The summed E-state index contributed by atoms with van der Waals surface area (Å²) >= 11 is 0. The fourth-order valence-corrected chi connectivity index (χ4v) is 1.48. The molecule has 2 N–H and O–H groups in total. The summed E-state index contributed by atoms with van der Waals surface area (Å²) in [6.45, 7) is 0.105. The number of carbonyl (C=O) groups excluding carboxylic acids is 1. The number of carbonyl (C=O) groups is 1. The summed E-state index contributed by atoms with van der Waals surface area (Å²) in [5.41, 5.74) is 7.21. The number of hydrogen-bond acceptors (Lipinski definition) is 3. The number of nitrogen functional groups attached to an aromatic ring is 1. The van der Waals surface area contributed by atoms with Gasteiger partial charge in [0.2, 0.25) is 0 Å². The van der Waals surface area contributed by atoms with Crippen LogP contribution in [0.1, 0.15) is 15.9 Å². The molecule has 18 heavy (non-hydrogen) atoms. The predicted molar refractivity (Wildman–Crippen MR) is 66.4 cm³/mol. The molecule has 0 amide bonds. The maximum atomic E-state index is 12.7. The Labute approximate surface area is 104 Å². The van der Waals surface area contributed by atoms with Crippen LogP contribution < -0.4 is 5.73 Å². The van der Waals surface area contributed by atoms with Crippen LogP contribution in [0.4, 0.5) is 10.1 Å². The van der Waals surface area contributed by atoms with Crippen LogP contribution in [0.5, 0.6) is 0 Å². The van der Waals surface area contributed by atoms with E-state index in [1.807, 2.05) is 0 Å². The molecule has 2 rings (SSSR count). The monoisotopic (exact) mass is 245 g/mol. The first-order chi connectivity index (χ1) is 8.65. The van der Waals surface area contributed by atoms with E-state index in [0.29, 0.717) is 11.3 Å². The summed E-state index contributed by atoms with van der Waals surface area (Å²) in [6, 6.07) is 12.3. The van der Waals surface area contributed by atoms with Gasteiger partial charge in [-0.3, -0.25) is 0 Å². The van der Waals surface area contributed by atoms with Gasteiger partial charge >= 0.3 is 5.97 Å². The first-order valence-corrected chi connectivity index (χ1v) is 5.42. The van der Waals surface area contributed by atoms with Crippen molar-refractivity contribution in [1.82, 2.24) is 0 Å². The fourth-order valence-electron chi connectivity index (χ4n) is 1.48. The summed E-state index contributed by atoms with van der Waals surface area (Å²) in [5, 5.41) is 0. The summed E-state index contributed by atoms with van der Waals surface area (Å²) in [4.78, 5) is 11.7. The Morgan fingerprint density at radius 3 is 2.56 bits per heavy atom. The maximum Gasteiger partial charge on any atom is 0.338 e. The number of halogens is 1. The minimum absolute atomic E-state index is 0.105. The van der Waals surface area contributed by atoms with Crippen molar-refractivity contribution in [3.05, 3.63) is 65.5 Å². The van der Waals surface area contributed by atoms with Crippen molar-refractivity contribution in [1.29, 1.82) is 0 Å². The summed E-state index contributed by atoms with van der Waals surface area (Å²) in [5.74, 6) is -0.771. The highest BCUT2D eigenvalue weighted by molar-refractivity contribution is 5.90. The van der Waals surface area contributed by atoms with Crippen LogP contribution >= 0.6 is 0 Å². The van der Waals surface area contributed by atoms with Gasteiger partial charge in [0.25, 0.3) is 0 Å². The van der Waals surface area contributed by atoms with E-state index in [0.717, 1.165) is 5.56 Å². The molecule has 0 aliphatic rings. The van der Waals surface area contributed by atoms with E-state index in [2.05, 4.69) is 0 Å². The first-order valence-electron chi connectivity index (χ1n) is 5.42. The molecule has 4 heteroatoms. The Morgan fingerprint density at radius 1 is 1.17 bits per heavy atom. The van der Waals surface area contributed by atoms with Gasteiger partial charge in [0.05, 0.1) is 5.56 Å². The van der Waals surface area contributed by atoms with Crippen LogP contribution in [0.2, 0.25) is 0 Å². The van der Waals surface area contributed by atoms with Gasteiger partial charge in [0.15, 0.2) is 0 Å². The maximum absolute atomic E-state index is 12.7. The highest BCUT2D eigenvalue weighted by Gasteiger charge is 2.07. The van der Waals surface area contributed by atoms with Crippen LogP contribution in [0.15, 0.2) is 48.5 Å². The number of ether oxygens (including phenoxy) is 1. The van der Waals surface area contributed by atoms with Gasteiger partial charge in [-0.15, -0.1) is 0 Å². The van der Waals surface area contributed by atoms with Gasteiger partial charge in [-0.05, 0) is 35.9 Å². The van der Waals surface area contributed by atoms with Crippen molar-refractivity contribution in [2.24, 2.45) is 0 Å². The van der Waals surface area contributed by atoms with Crippen molar-refractivity contribution in [3.63, 3.8) is 0 Å². The van der Waals surface area contributed by atoms with Crippen LogP contribution in [0, 0.1) is 5.82 Å². The van der Waals surface area contributed by atoms with Gasteiger partial charge in [-0.1, -0.05) is 18.2 Å². The summed E-state index contributed by atoms with van der Waals surface area (Å²) in [6.07, 6.45) is 0. The SMILES string of the molecule is Nc1cccc(C(=O)OCc2ccc(F)cc2)c1. The summed E-state index contributed by atoms with van der Waals surface area (Å²) in [7, 11) is 0. The number of anilines is 1. The Hall–Kier alpha value is -2.36. The minimum Gasteiger partial charge on any atom is -0.457 e. The van der Waals surface area contributed by atoms with E-state index >= 15 is 0 Å². The van der Waals surface area contributed by atoms with Crippen LogP contribution in [-0.2, 0) is 11.3 Å². The van der Waals surface area contributed by atoms with E-state index in [4.69, 9.17) is 10.5 Å². The lowest BCUT2D eigenvalue weighted by atomic mass is 10.2. The second-order valence-electron chi connectivity index (χ2n) is 3.83. The van der Waals surface area contributed by atoms with Crippen molar-refractivity contribution in [2.45, 2.75) is 6.61 Å². The van der Waals surface area contributed by atoms with Crippen molar-refractivity contribution < 1.29 is 13.9 Å². The van der Waals surface area contributed by atoms with Gasteiger partial charge in [-0.25, -0.2) is 9.18 Å². The molecule has 0 radical (unpaired) electrons. The van der Waals surface area contributed by atoms with E-state index in [9.17, 15) is 9.18 Å². The molecule has 0 unspecified atom stereocenters. The van der Waals surface area contributed by atoms with Gasteiger partial charge in [0, 0.05) is 5.69 Å². The van der Waals surface area contributed by atoms with Gasteiger partial charge in [-0.2, -0.15) is 0 Å². The molecule has 0 aliphatic heterocycles. The number of benzene rings is 2. The van der Waals surface area contributed by atoms with Crippen molar-refractivity contribution in [3.8, 4) is 0 Å². The molecule has 0 atom stereocenters. The lowest BCUT2D eigenvalue weighted by Gasteiger charge is -2.05. The molecule has 0 saturated carbocycles. The Morgan fingerprint density at radius 2 is 1.89 bits per heavy atom. The largest absolute Gasteiger partial charge is 0.457 e. The molecule has 2 aromatic rings. The Bertz CT molecular complexity index is 552. The number of hydrogen-bond donors (Lipinski definition) is 1. The molecule has 0 heterocycles. The standard InChI is InChI=1S/C14H12FNO2/c15-12-6-4-10(5-7-12)9-18-14(17)11-2-1-3-13(16)8-11/h1-8H,9,16H2. The molecular weight excluding hydrogens is 233 g/mol. The smallest absolute Gasteiger partial charge is 0.338 e. The lowest BCUT2D eigenvalue weighted by molar-refractivity contribution is 0.0473. The number of rotatable bonds is 3. The van der Waals surface area contributed by atoms with Gasteiger partial charge < -0.3 is 10.5 Å². The molecule has 0 fully saturated rings. The topological polar surface area (TPSA) is 52.3 Å². The second-order valence-corrected chi connectivity index (χ2v) is 3.83. The van der Waals surface area contributed by atoms with Crippen molar-refractivity contribution >= 4 is 11.7 Å². The molecule has 0 bridgehead atoms. The molecular formula is C14H12FNO2. The summed E-state index contributed by atoms with van der Waals surface area (Å²) < 4.78 is 17.8. The highest BCUT2D eigenvalue weighted by atomic mass is 19.1. The van der Waals surface area contributed by atoms with E-state index < -0.39 is 5.97 Å². The number of esters is 1. The Kier molecular flexibility index (Phi) is 3.57. The first kappa shape index (κ1) is 12.1. The molecule has 92 valence electrons. The molecule has 0 aliphatic carbocycles. The van der Waals surface area contributed by atoms with Crippen LogP contribution in [0.3, 0.4) is 0 Å². The van der Waals surface area contributed by atoms with Gasteiger partial charge in [0.1, 0.15) is 12.4 Å². The third kappa shape index (κ3) is 3.07. The van der Waals surface area contributed by atoms with E-state index in [-0.39, 0.29) is 12.4 Å². The molecule has 0 aromatic heterocycles. The van der Waals surface area contributed by atoms with E-state index in [1.54, 1.807) is 36.4 Å². The minimum atomic E-state index is -0.452. The molecule has 3 nitrogen and oxygen atoms in total. The average molecular weight is 245 g/mol. The fraction of sp³-hybridized carbons (Fsp3) is 0.0714. The van der Waals surface area contributed by atoms with Crippen LogP contribution in [0.25, 0.3) is 0 Å². The molecule has 2 aromatic carbocycles. The highest BCUT2D eigenvalue weighted by Crippen LogP contribution is 2.10. The zero-order valence-corrected chi connectivity index (χ0v) is 9.60. The van der Waals surface area contributed by atoms with E-state index in [1.165, 1.54) is 12.1 Å².